The van der Waals surface area contributed by atoms with Gasteiger partial charge in [0.05, 0.1) is 17.9 Å². The number of nitrogens with one attached hydrogen (secondary N) is 2. The van der Waals surface area contributed by atoms with E-state index in [4.69, 9.17) is 9.47 Å². The molecule has 1 aromatic carbocycles. The van der Waals surface area contributed by atoms with Crippen LogP contribution in [0, 0.1) is 5.92 Å². The molecule has 0 saturated carbocycles. The van der Waals surface area contributed by atoms with Crippen LogP contribution >= 0.6 is 11.3 Å². The fourth-order valence-electron chi connectivity index (χ4n) is 3.13. The molecule has 1 aliphatic rings. The van der Waals surface area contributed by atoms with Crippen molar-refractivity contribution in [3.63, 3.8) is 0 Å². The number of carbonyl (C=O) groups excluding carboxylic acids is 4. The van der Waals surface area contributed by atoms with E-state index in [0.29, 0.717) is 42.2 Å². The third-order valence-electron chi connectivity index (χ3n) is 4.79. The molecule has 0 atom stereocenters. The van der Waals surface area contributed by atoms with Crippen LogP contribution in [-0.2, 0) is 14.3 Å². The Labute approximate surface area is 183 Å². The van der Waals surface area contributed by atoms with Crippen LogP contribution in [0.15, 0.2) is 41.8 Å². The van der Waals surface area contributed by atoms with Crippen molar-refractivity contribution in [2.24, 2.45) is 5.92 Å². The van der Waals surface area contributed by atoms with Gasteiger partial charge in [0.25, 0.3) is 11.8 Å². The zero-order valence-corrected chi connectivity index (χ0v) is 17.8. The Morgan fingerprint density at radius 1 is 1.10 bits per heavy atom. The highest BCUT2D eigenvalue weighted by atomic mass is 32.1. The lowest BCUT2D eigenvalue weighted by molar-refractivity contribution is -0.153. The lowest BCUT2D eigenvalue weighted by atomic mass is 9.97. The second-order valence-corrected chi connectivity index (χ2v) is 7.83. The third kappa shape index (κ3) is 6.29. The van der Waals surface area contributed by atoms with Gasteiger partial charge in [-0.05, 0) is 48.6 Å². The summed E-state index contributed by atoms with van der Waals surface area (Å²) in [5.74, 6) is -1.02. The molecule has 2 heterocycles. The first-order valence-corrected chi connectivity index (χ1v) is 10.6. The number of carbonyl (C=O) groups is 4. The van der Waals surface area contributed by atoms with Crippen molar-refractivity contribution >= 4 is 40.8 Å². The summed E-state index contributed by atoms with van der Waals surface area (Å²) in [5.41, 5.74) is 0.479. The highest BCUT2D eigenvalue weighted by Crippen LogP contribution is 2.21. The van der Waals surface area contributed by atoms with Gasteiger partial charge < -0.3 is 19.7 Å². The number of piperidine rings is 1. The van der Waals surface area contributed by atoms with Gasteiger partial charge in [0.15, 0.2) is 6.61 Å². The topological polar surface area (TPSA) is 114 Å². The average molecular weight is 445 g/mol. The minimum Gasteiger partial charge on any atom is -0.497 e. The Morgan fingerprint density at radius 3 is 2.42 bits per heavy atom. The quantitative estimate of drug-likeness (QED) is 0.661. The Hall–Kier alpha value is -3.40. The zero-order chi connectivity index (χ0) is 22.2. The number of benzene rings is 1. The summed E-state index contributed by atoms with van der Waals surface area (Å²) in [6, 6.07) is 9.45. The number of thiophene rings is 1. The first-order chi connectivity index (χ1) is 15.0. The molecule has 0 spiro atoms. The minimum atomic E-state index is -0.732. The SMILES string of the molecule is COc1ccc(NC(=O)NC(=O)COC(=O)C2CCN(C(=O)c3cccs3)CC2)cc1. The highest BCUT2D eigenvalue weighted by Gasteiger charge is 2.29. The van der Waals surface area contributed by atoms with Crippen LogP contribution < -0.4 is 15.4 Å². The van der Waals surface area contributed by atoms with Crippen molar-refractivity contribution < 1.29 is 28.7 Å². The number of esters is 1. The van der Waals surface area contributed by atoms with E-state index >= 15 is 0 Å². The fraction of sp³-hybridized carbons (Fsp3) is 0.333. The van der Waals surface area contributed by atoms with Crippen LogP contribution in [0.3, 0.4) is 0 Å². The van der Waals surface area contributed by atoms with Crippen molar-refractivity contribution in [1.29, 1.82) is 0 Å². The maximum absolute atomic E-state index is 12.3. The Balaban J connectivity index is 1.36. The third-order valence-corrected chi connectivity index (χ3v) is 5.65. The van der Waals surface area contributed by atoms with Crippen LogP contribution in [0.4, 0.5) is 10.5 Å². The van der Waals surface area contributed by atoms with Gasteiger partial charge in [0.1, 0.15) is 5.75 Å². The molecule has 164 valence electrons. The van der Waals surface area contributed by atoms with Gasteiger partial charge in [-0.2, -0.15) is 0 Å². The summed E-state index contributed by atoms with van der Waals surface area (Å²) in [6.45, 7) is 0.350. The average Bonchev–Trinajstić information content (AvgIpc) is 3.32. The van der Waals surface area contributed by atoms with E-state index in [9.17, 15) is 19.2 Å². The van der Waals surface area contributed by atoms with Crippen LogP contribution in [0.5, 0.6) is 5.75 Å². The van der Waals surface area contributed by atoms with Crippen molar-refractivity contribution in [2.45, 2.75) is 12.8 Å². The standard InChI is InChI=1S/C21H23N3O6S/c1-29-16-6-4-15(5-7-16)22-21(28)23-18(25)13-30-20(27)14-8-10-24(11-9-14)19(26)17-3-2-12-31-17/h2-7,12,14H,8-11,13H2,1H3,(H2,22,23,25,28). The van der Waals surface area contributed by atoms with E-state index in [2.05, 4.69) is 10.6 Å². The first kappa shape index (κ1) is 22.3. The molecule has 0 radical (unpaired) electrons. The monoisotopic (exact) mass is 445 g/mol. The van der Waals surface area contributed by atoms with E-state index in [-0.39, 0.29) is 11.8 Å². The second kappa shape index (κ2) is 10.6. The molecule has 4 amide bonds. The number of imide groups is 1. The van der Waals surface area contributed by atoms with Crippen LogP contribution in [0.1, 0.15) is 22.5 Å². The molecule has 0 bridgehead atoms. The molecule has 3 rings (SSSR count). The number of hydrogen-bond acceptors (Lipinski definition) is 7. The predicted octanol–water partition coefficient (Wildman–Crippen LogP) is 2.50. The van der Waals surface area contributed by atoms with Gasteiger partial charge in [-0.15, -0.1) is 11.3 Å². The van der Waals surface area contributed by atoms with E-state index < -0.39 is 24.5 Å². The Bertz CT molecular complexity index is 921. The van der Waals surface area contributed by atoms with Crippen molar-refractivity contribution in [3.8, 4) is 5.75 Å². The summed E-state index contributed by atoms with van der Waals surface area (Å²) >= 11 is 1.38. The molecule has 31 heavy (non-hydrogen) atoms. The Kier molecular flexibility index (Phi) is 7.60. The molecular weight excluding hydrogens is 422 g/mol. The molecule has 0 unspecified atom stereocenters. The van der Waals surface area contributed by atoms with Crippen LogP contribution in [-0.4, -0.2) is 55.5 Å². The number of methoxy groups -OCH3 is 1. The predicted molar refractivity (Wildman–Crippen MR) is 114 cm³/mol. The molecule has 2 N–H and O–H groups in total. The molecule has 0 aliphatic carbocycles. The number of urea groups is 1. The molecular formula is C21H23N3O6S. The number of hydrogen-bond donors (Lipinski definition) is 2. The molecule has 1 aromatic heterocycles. The minimum absolute atomic E-state index is 0.0379. The van der Waals surface area contributed by atoms with Gasteiger partial charge in [-0.25, -0.2) is 4.79 Å². The van der Waals surface area contributed by atoms with E-state index in [1.165, 1.54) is 18.4 Å². The van der Waals surface area contributed by atoms with E-state index in [1.807, 2.05) is 11.4 Å². The maximum Gasteiger partial charge on any atom is 0.325 e. The van der Waals surface area contributed by atoms with Crippen molar-refractivity contribution in [2.75, 3.05) is 32.1 Å². The van der Waals surface area contributed by atoms with Gasteiger partial charge >= 0.3 is 12.0 Å². The largest absolute Gasteiger partial charge is 0.497 e. The molecule has 9 nitrogen and oxygen atoms in total. The van der Waals surface area contributed by atoms with Gasteiger partial charge in [0, 0.05) is 18.8 Å². The zero-order valence-electron chi connectivity index (χ0n) is 17.0. The molecule has 1 fully saturated rings. The van der Waals surface area contributed by atoms with Crippen LogP contribution in [0.25, 0.3) is 0 Å². The summed E-state index contributed by atoms with van der Waals surface area (Å²) in [4.78, 5) is 50.7. The summed E-state index contributed by atoms with van der Waals surface area (Å²) < 4.78 is 10.1. The summed E-state index contributed by atoms with van der Waals surface area (Å²) in [6.07, 6.45) is 0.936. The fourth-order valence-corrected chi connectivity index (χ4v) is 3.82. The normalized spacial score (nSPS) is 13.9. The lowest BCUT2D eigenvalue weighted by Gasteiger charge is -2.30. The number of anilines is 1. The summed E-state index contributed by atoms with van der Waals surface area (Å²) in [5, 5.41) is 6.45. The smallest absolute Gasteiger partial charge is 0.325 e. The highest BCUT2D eigenvalue weighted by molar-refractivity contribution is 7.12. The second-order valence-electron chi connectivity index (χ2n) is 6.88. The molecule has 2 aromatic rings. The molecule has 1 aliphatic heterocycles. The number of likely N-dealkylation sites (tertiary alicyclic amines) is 1. The number of ether oxygens (including phenoxy) is 2. The lowest BCUT2D eigenvalue weighted by Crippen LogP contribution is -2.41. The van der Waals surface area contributed by atoms with Crippen LogP contribution in [0.2, 0.25) is 0 Å². The van der Waals surface area contributed by atoms with Crippen molar-refractivity contribution in [3.05, 3.63) is 46.7 Å². The van der Waals surface area contributed by atoms with Gasteiger partial charge in [-0.3, -0.25) is 19.7 Å². The number of rotatable bonds is 6. The van der Waals surface area contributed by atoms with Gasteiger partial charge in [-0.1, -0.05) is 6.07 Å². The maximum atomic E-state index is 12.3. The van der Waals surface area contributed by atoms with E-state index in [1.54, 1.807) is 35.2 Å². The molecule has 10 heteroatoms. The van der Waals surface area contributed by atoms with Gasteiger partial charge in [0.2, 0.25) is 0 Å². The number of nitrogens with zero attached hydrogens (tertiary/aromatic N) is 1. The Morgan fingerprint density at radius 2 is 1.81 bits per heavy atom. The molecule has 1 saturated heterocycles. The van der Waals surface area contributed by atoms with E-state index in [0.717, 1.165) is 0 Å². The summed E-state index contributed by atoms with van der Waals surface area (Å²) in [7, 11) is 1.53. The van der Waals surface area contributed by atoms with Crippen molar-refractivity contribution in [1.82, 2.24) is 10.2 Å². The number of amides is 4. The first-order valence-electron chi connectivity index (χ1n) is 9.70.